The fourth-order valence-electron chi connectivity index (χ4n) is 2.17. The standard InChI is InChI=1S/C13H17Br2NO/c1-2-16(5-4-14)9-11-8-12(15)7-10-3-6-17-13(10)11/h7-8H,2-6,9H2,1H3. The van der Waals surface area contributed by atoms with Gasteiger partial charge in [0.25, 0.3) is 0 Å². The highest BCUT2D eigenvalue weighted by Crippen LogP contribution is 2.33. The molecule has 1 aliphatic rings. The molecule has 0 aromatic heterocycles. The quantitative estimate of drug-likeness (QED) is 0.742. The Morgan fingerprint density at radius 3 is 2.94 bits per heavy atom. The summed E-state index contributed by atoms with van der Waals surface area (Å²) in [6.07, 6.45) is 1.03. The summed E-state index contributed by atoms with van der Waals surface area (Å²) in [5, 5.41) is 1.01. The van der Waals surface area contributed by atoms with Crippen molar-refractivity contribution in [1.82, 2.24) is 4.90 Å². The van der Waals surface area contributed by atoms with E-state index in [9.17, 15) is 0 Å². The van der Waals surface area contributed by atoms with Crippen LogP contribution in [0.4, 0.5) is 0 Å². The van der Waals surface area contributed by atoms with Crippen LogP contribution in [0.5, 0.6) is 5.75 Å². The number of alkyl halides is 1. The Morgan fingerprint density at radius 2 is 2.24 bits per heavy atom. The molecular formula is C13H17Br2NO. The van der Waals surface area contributed by atoms with Gasteiger partial charge in [-0.2, -0.15) is 0 Å². The number of hydrogen-bond donors (Lipinski definition) is 0. The van der Waals surface area contributed by atoms with Gasteiger partial charge in [-0.3, -0.25) is 4.90 Å². The number of halogens is 2. The van der Waals surface area contributed by atoms with Gasteiger partial charge in [0.2, 0.25) is 0 Å². The molecule has 4 heteroatoms. The van der Waals surface area contributed by atoms with E-state index in [-0.39, 0.29) is 0 Å². The van der Waals surface area contributed by atoms with Crippen molar-refractivity contribution in [3.8, 4) is 5.75 Å². The molecule has 1 aliphatic heterocycles. The predicted molar refractivity (Wildman–Crippen MR) is 78.1 cm³/mol. The van der Waals surface area contributed by atoms with Crippen LogP contribution in [-0.2, 0) is 13.0 Å². The van der Waals surface area contributed by atoms with E-state index in [0.29, 0.717) is 0 Å². The molecule has 1 heterocycles. The van der Waals surface area contributed by atoms with Crippen molar-refractivity contribution in [2.75, 3.05) is 25.0 Å². The monoisotopic (exact) mass is 361 g/mol. The van der Waals surface area contributed by atoms with E-state index in [1.807, 2.05) is 0 Å². The number of benzene rings is 1. The van der Waals surface area contributed by atoms with Crippen LogP contribution in [0.2, 0.25) is 0 Å². The van der Waals surface area contributed by atoms with E-state index in [0.717, 1.165) is 48.2 Å². The van der Waals surface area contributed by atoms with E-state index >= 15 is 0 Å². The molecule has 0 aliphatic carbocycles. The predicted octanol–water partition coefficient (Wildman–Crippen LogP) is 3.60. The second kappa shape index (κ2) is 6.21. The van der Waals surface area contributed by atoms with E-state index in [4.69, 9.17) is 4.74 Å². The van der Waals surface area contributed by atoms with Crippen molar-refractivity contribution in [2.45, 2.75) is 19.9 Å². The average molecular weight is 363 g/mol. The zero-order valence-corrected chi connectivity index (χ0v) is 13.2. The van der Waals surface area contributed by atoms with Crippen molar-refractivity contribution in [1.29, 1.82) is 0 Å². The zero-order chi connectivity index (χ0) is 12.3. The van der Waals surface area contributed by atoms with Gasteiger partial charge >= 0.3 is 0 Å². The van der Waals surface area contributed by atoms with Gasteiger partial charge in [0.05, 0.1) is 6.61 Å². The molecule has 2 rings (SSSR count). The van der Waals surface area contributed by atoms with Crippen LogP contribution in [-0.4, -0.2) is 29.9 Å². The molecule has 0 unspecified atom stereocenters. The molecule has 0 radical (unpaired) electrons. The molecule has 0 atom stereocenters. The van der Waals surface area contributed by atoms with E-state index in [1.54, 1.807) is 0 Å². The highest BCUT2D eigenvalue weighted by molar-refractivity contribution is 9.10. The maximum absolute atomic E-state index is 5.75. The third-order valence-corrected chi connectivity index (χ3v) is 3.88. The van der Waals surface area contributed by atoms with Gasteiger partial charge in [0.15, 0.2) is 0 Å². The van der Waals surface area contributed by atoms with E-state index in [1.165, 1.54) is 11.1 Å². The molecule has 94 valence electrons. The van der Waals surface area contributed by atoms with Gasteiger partial charge in [-0.15, -0.1) is 0 Å². The van der Waals surface area contributed by atoms with Gasteiger partial charge in [-0.1, -0.05) is 38.8 Å². The molecule has 2 nitrogen and oxygen atoms in total. The van der Waals surface area contributed by atoms with Crippen molar-refractivity contribution >= 4 is 31.9 Å². The van der Waals surface area contributed by atoms with Gasteiger partial charge in [0, 0.05) is 34.9 Å². The summed E-state index contributed by atoms with van der Waals surface area (Å²) in [6, 6.07) is 4.35. The van der Waals surface area contributed by atoms with Crippen LogP contribution in [0.15, 0.2) is 16.6 Å². The van der Waals surface area contributed by atoms with Crippen LogP contribution < -0.4 is 4.74 Å². The third kappa shape index (κ3) is 3.24. The first-order valence-corrected chi connectivity index (χ1v) is 7.88. The Labute approximate surface area is 120 Å². The highest BCUT2D eigenvalue weighted by Gasteiger charge is 2.18. The minimum Gasteiger partial charge on any atom is -0.493 e. The second-order valence-corrected chi connectivity index (χ2v) is 5.92. The lowest BCUT2D eigenvalue weighted by molar-refractivity contribution is 0.288. The largest absolute Gasteiger partial charge is 0.493 e. The molecule has 0 saturated carbocycles. The first-order valence-electron chi connectivity index (χ1n) is 5.97. The van der Waals surface area contributed by atoms with Gasteiger partial charge < -0.3 is 4.74 Å². The number of nitrogens with zero attached hydrogens (tertiary/aromatic N) is 1. The fraction of sp³-hybridized carbons (Fsp3) is 0.538. The lowest BCUT2D eigenvalue weighted by Gasteiger charge is -2.20. The van der Waals surface area contributed by atoms with Crippen LogP contribution in [0.3, 0.4) is 0 Å². The van der Waals surface area contributed by atoms with Gasteiger partial charge in [0.1, 0.15) is 5.75 Å². The third-order valence-electron chi connectivity index (χ3n) is 3.07. The molecule has 1 aromatic carbocycles. The van der Waals surface area contributed by atoms with Crippen LogP contribution in [0, 0.1) is 0 Å². The smallest absolute Gasteiger partial charge is 0.127 e. The highest BCUT2D eigenvalue weighted by atomic mass is 79.9. The molecule has 1 aromatic rings. The number of rotatable bonds is 5. The van der Waals surface area contributed by atoms with E-state index in [2.05, 4.69) is 55.8 Å². The molecule has 0 spiro atoms. The topological polar surface area (TPSA) is 12.5 Å². The van der Waals surface area contributed by atoms with Gasteiger partial charge in [-0.05, 0) is 24.2 Å². The van der Waals surface area contributed by atoms with Crippen molar-refractivity contribution in [2.24, 2.45) is 0 Å². The molecule has 0 bridgehead atoms. The summed E-state index contributed by atoms with van der Waals surface area (Å²) in [4.78, 5) is 2.42. The molecule has 0 fully saturated rings. The molecule has 0 amide bonds. The van der Waals surface area contributed by atoms with Crippen molar-refractivity contribution in [3.63, 3.8) is 0 Å². The van der Waals surface area contributed by atoms with Crippen LogP contribution in [0.1, 0.15) is 18.1 Å². The molecule has 0 saturated heterocycles. The summed E-state index contributed by atoms with van der Waals surface area (Å²) in [7, 11) is 0. The molecular weight excluding hydrogens is 346 g/mol. The Bertz CT molecular complexity index is 395. The molecule has 0 N–H and O–H groups in total. The Balaban J connectivity index is 2.20. The van der Waals surface area contributed by atoms with Crippen LogP contribution in [0.25, 0.3) is 0 Å². The number of ether oxygens (including phenoxy) is 1. The summed E-state index contributed by atoms with van der Waals surface area (Å²) in [6.45, 7) is 6.11. The molecule has 17 heavy (non-hydrogen) atoms. The first kappa shape index (κ1) is 13.4. The fourth-order valence-corrected chi connectivity index (χ4v) is 3.23. The lowest BCUT2D eigenvalue weighted by Crippen LogP contribution is -2.25. The SMILES string of the molecule is CCN(CCBr)Cc1cc(Br)cc2c1OCC2. The normalized spacial score (nSPS) is 13.9. The van der Waals surface area contributed by atoms with Crippen molar-refractivity contribution in [3.05, 3.63) is 27.7 Å². The average Bonchev–Trinajstić information content (AvgIpc) is 2.76. The van der Waals surface area contributed by atoms with E-state index < -0.39 is 0 Å². The number of hydrogen-bond acceptors (Lipinski definition) is 2. The summed E-state index contributed by atoms with van der Waals surface area (Å²) in [5.41, 5.74) is 2.64. The maximum Gasteiger partial charge on any atom is 0.127 e. The Kier molecular flexibility index (Phi) is 4.88. The number of fused-ring (bicyclic) bond motifs is 1. The Hall–Kier alpha value is -0.0600. The minimum atomic E-state index is 0.823. The minimum absolute atomic E-state index is 0.823. The maximum atomic E-state index is 5.75. The summed E-state index contributed by atoms with van der Waals surface area (Å²) in [5.74, 6) is 1.11. The lowest BCUT2D eigenvalue weighted by atomic mass is 10.1. The first-order chi connectivity index (χ1) is 8.24. The summed E-state index contributed by atoms with van der Waals surface area (Å²) >= 11 is 7.08. The summed E-state index contributed by atoms with van der Waals surface area (Å²) < 4.78 is 6.91. The Morgan fingerprint density at radius 1 is 1.41 bits per heavy atom. The zero-order valence-electron chi connectivity index (χ0n) is 10.0. The van der Waals surface area contributed by atoms with Crippen LogP contribution >= 0.6 is 31.9 Å². The van der Waals surface area contributed by atoms with Crippen molar-refractivity contribution < 1.29 is 4.74 Å². The second-order valence-electron chi connectivity index (χ2n) is 4.21. The van der Waals surface area contributed by atoms with Gasteiger partial charge in [-0.25, -0.2) is 0 Å².